The van der Waals surface area contributed by atoms with Crippen molar-refractivity contribution in [2.24, 2.45) is 17.3 Å². The highest BCUT2D eigenvalue weighted by atomic mass is 32.2. The second kappa shape index (κ2) is 8.24. The Morgan fingerprint density at radius 2 is 1.90 bits per heavy atom. The molecule has 1 aromatic carbocycles. The maximum absolute atomic E-state index is 13.6. The van der Waals surface area contributed by atoms with E-state index in [2.05, 4.69) is 31.4 Å². The van der Waals surface area contributed by atoms with Crippen LogP contribution >= 0.6 is 0 Å². The number of sulfonamides is 1. The molecule has 3 atom stereocenters. The van der Waals surface area contributed by atoms with Gasteiger partial charge in [0.2, 0.25) is 10.0 Å². The molecule has 1 saturated heterocycles. The average Bonchev–Trinajstić information content (AvgIpc) is 3.37. The second-order valence-corrected chi connectivity index (χ2v) is 17.4. The number of hydrogen-bond donors (Lipinski definition) is 0. The minimum Gasteiger partial charge on any atom is -0.464 e. The lowest BCUT2D eigenvalue weighted by atomic mass is 9.94. The van der Waals surface area contributed by atoms with Crippen molar-refractivity contribution in [1.82, 2.24) is 4.31 Å². The number of rotatable bonds is 7. The van der Waals surface area contributed by atoms with Gasteiger partial charge in [0.15, 0.2) is 0 Å². The zero-order valence-corrected chi connectivity index (χ0v) is 20.8. The summed E-state index contributed by atoms with van der Waals surface area (Å²) in [6.45, 7) is 13.3. The summed E-state index contributed by atoms with van der Waals surface area (Å²) in [4.78, 5) is 13.1. The van der Waals surface area contributed by atoms with Crippen molar-refractivity contribution >= 4 is 24.1 Å². The Morgan fingerprint density at radius 3 is 2.47 bits per heavy atom. The van der Waals surface area contributed by atoms with E-state index in [0.29, 0.717) is 25.5 Å². The van der Waals surface area contributed by atoms with E-state index < -0.39 is 30.1 Å². The largest absolute Gasteiger partial charge is 0.464 e. The van der Waals surface area contributed by atoms with E-state index in [-0.39, 0.29) is 16.2 Å². The topological polar surface area (TPSA) is 63.7 Å². The Balaban J connectivity index is 1.93. The SMILES string of the molecule is Cc1ccc(S(=O)(=O)N2C[C@@]3(/C=C\[Si](C)(C)C)C[C@H]3C[C@H]2C(=O)OCC(C)C)cc1. The van der Waals surface area contributed by atoms with Crippen LogP contribution in [0.5, 0.6) is 0 Å². The van der Waals surface area contributed by atoms with Crippen molar-refractivity contribution in [3.63, 3.8) is 0 Å². The molecule has 5 nitrogen and oxygen atoms in total. The van der Waals surface area contributed by atoms with E-state index in [0.717, 1.165) is 12.0 Å². The Bertz CT molecular complexity index is 918. The fourth-order valence-electron chi connectivity index (χ4n) is 4.03. The highest BCUT2D eigenvalue weighted by molar-refractivity contribution is 7.89. The van der Waals surface area contributed by atoms with Gasteiger partial charge in [0.05, 0.1) is 19.6 Å². The molecule has 2 fully saturated rings. The molecule has 1 aromatic rings. The van der Waals surface area contributed by atoms with Gasteiger partial charge in [-0.2, -0.15) is 4.31 Å². The highest BCUT2D eigenvalue weighted by Gasteiger charge is 2.61. The van der Waals surface area contributed by atoms with Gasteiger partial charge in [-0.05, 0) is 43.7 Å². The van der Waals surface area contributed by atoms with Crippen LogP contribution in [0.3, 0.4) is 0 Å². The predicted molar refractivity (Wildman–Crippen MR) is 122 cm³/mol. The normalized spacial score (nSPS) is 27.3. The van der Waals surface area contributed by atoms with Crippen molar-refractivity contribution in [1.29, 1.82) is 0 Å². The van der Waals surface area contributed by atoms with E-state index in [1.54, 1.807) is 24.3 Å². The lowest BCUT2D eigenvalue weighted by Gasteiger charge is -2.36. The van der Waals surface area contributed by atoms with Crippen molar-refractivity contribution in [3.05, 3.63) is 41.6 Å². The summed E-state index contributed by atoms with van der Waals surface area (Å²) in [7, 11) is -5.20. The molecule has 0 N–H and O–H groups in total. The molecule has 0 radical (unpaired) electrons. The Hall–Kier alpha value is -1.44. The lowest BCUT2D eigenvalue weighted by Crippen LogP contribution is -2.51. The molecule has 0 amide bonds. The van der Waals surface area contributed by atoms with E-state index in [1.807, 2.05) is 20.8 Å². The van der Waals surface area contributed by atoms with Crippen LogP contribution in [0.4, 0.5) is 0 Å². The predicted octanol–water partition coefficient (Wildman–Crippen LogP) is 4.40. The summed E-state index contributed by atoms with van der Waals surface area (Å²) in [5, 5.41) is 0. The molecule has 0 unspecified atom stereocenters. The molecule has 0 aromatic heterocycles. The molecule has 1 aliphatic carbocycles. The standard InChI is InChI=1S/C23H35NO4SSi/c1-17(2)15-28-22(25)21-13-19-14-23(19,11-12-30(4,5)6)16-24(21)29(26,27)20-9-7-18(3)8-10-20/h7-12,17,19,21H,13-16H2,1-6H3/b12-11-/t19-,21+,23-/m1/s1. The number of benzene rings is 1. The molecule has 30 heavy (non-hydrogen) atoms. The van der Waals surface area contributed by atoms with Crippen molar-refractivity contribution in [3.8, 4) is 0 Å². The third-order valence-electron chi connectivity index (χ3n) is 5.96. The Kier molecular flexibility index (Phi) is 6.38. The minimum atomic E-state index is -3.80. The van der Waals surface area contributed by atoms with E-state index in [9.17, 15) is 13.2 Å². The number of carbonyl (C=O) groups is 1. The minimum absolute atomic E-state index is 0.146. The van der Waals surface area contributed by atoms with E-state index in [1.165, 1.54) is 4.31 Å². The number of hydrogen-bond acceptors (Lipinski definition) is 4. The zero-order chi connectivity index (χ0) is 22.3. The van der Waals surface area contributed by atoms with E-state index in [4.69, 9.17) is 4.74 Å². The number of ether oxygens (including phenoxy) is 1. The van der Waals surface area contributed by atoms with Gasteiger partial charge in [-0.3, -0.25) is 4.79 Å². The first kappa shape index (κ1) is 23.2. The van der Waals surface area contributed by atoms with Gasteiger partial charge in [-0.1, -0.05) is 63.0 Å². The van der Waals surface area contributed by atoms with Crippen molar-refractivity contribution in [2.45, 2.75) is 64.2 Å². The first-order chi connectivity index (χ1) is 13.8. The summed E-state index contributed by atoms with van der Waals surface area (Å²) < 4.78 is 34.0. The molecule has 1 heterocycles. The fourth-order valence-corrected chi connectivity index (χ4v) is 6.53. The lowest BCUT2D eigenvalue weighted by molar-refractivity contribution is -0.150. The van der Waals surface area contributed by atoms with Crippen molar-refractivity contribution in [2.75, 3.05) is 13.2 Å². The third kappa shape index (κ3) is 5.06. The Labute approximate surface area is 182 Å². The molecule has 0 spiro atoms. The second-order valence-electron chi connectivity index (χ2n) is 10.5. The Morgan fingerprint density at radius 1 is 1.27 bits per heavy atom. The quantitative estimate of drug-likeness (QED) is 0.457. The van der Waals surface area contributed by atoms with Crippen LogP contribution in [-0.4, -0.2) is 46.0 Å². The number of nitrogens with zero attached hydrogens (tertiary/aromatic N) is 1. The molecular weight excluding hydrogens is 414 g/mol. The first-order valence-corrected chi connectivity index (χ1v) is 15.8. The summed E-state index contributed by atoms with van der Waals surface area (Å²) in [5.41, 5.74) is 3.16. The van der Waals surface area contributed by atoms with Crippen LogP contribution in [-0.2, 0) is 19.6 Å². The maximum Gasteiger partial charge on any atom is 0.324 e. The molecular formula is C23H35NO4SSi. The van der Waals surface area contributed by atoms with Gasteiger partial charge in [0.25, 0.3) is 0 Å². The monoisotopic (exact) mass is 449 g/mol. The maximum atomic E-state index is 13.6. The van der Waals surface area contributed by atoms with Crippen LogP contribution in [0, 0.1) is 24.2 Å². The van der Waals surface area contributed by atoms with Crippen molar-refractivity contribution < 1.29 is 17.9 Å². The van der Waals surface area contributed by atoms with Crippen LogP contribution < -0.4 is 0 Å². The van der Waals surface area contributed by atoms with Crippen LogP contribution in [0.25, 0.3) is 0 Å². The van der Waals surface area contributed by atoms with Crippen LogP contribution in [0.1, 0.15) is 32.3 Å². The number of piperidine rings is 1. The first-order valence-electron chi connectivity index (χ1n) is 10.8. The summed E-state index contributed by atoms with van der Waals surface area (Å²) >= 11 is 0. The smallest absolute Gasteiger partial charge is 0.324 e. The summed E-state index contributed by atoms with van der Waals surface area (Å²) in [6.07, 6.45) is 3.71. The van der Waals surface area contributed by atoms with Crippen LogP contribution in [0.2, 0.25) is 19.6 Å². The molecule has 7 heteroatoms. The third-order valence-corrected chi connectivity index (χ3v) is 8.99. The molecule has 166 valence electrons. The highest BCUT2D eigenvalue weighted by Crippen LogP contribution is 2.60. The number of aryl methyl sites for hydroxylation is 1. The summed E-state index contributed by atoms with van der Waals surface area (Å²) in [6, 6.07) is 6.10. The molecule has 1 saturated carbocycles. The zero-order valence-electron chi connectivity index (χ0n) is 19.0. The number of fused-ring (bicyclic) bond motifs is 1. The van der Waals surface area contributed by atoms with Gasteiger partial charge in [-0.15, -0.1) is 0 Å². The molecule has 1 aliphatic heterocycles. The van der Waals surface area contributed by atoms with Crippen LogP contribution in [0.15, 0.2) is 40.9 Å². The van der Waals surface area contributed by atoms with Gasteiger partial charge in [-0.25, -0.2) is 8.42 Å². The number of esters is 1. The van der Waals surface area contributed by atoms with E-state index >= 15 is 0 Å². The van der Waals surface area contributed by atoms with Gasteiger partial charge in [0, 0.05) is 12.0 Å². The molecule has 3 rings (SSSR count). The fraction of sp³-hybridized carbons (Fsp3) is 0.609. The van der Waals surface area contributed by atoms with Gasteiger partial charge >= 0.3 is 5.97 Å². The summed E-state index contributed by atoms with van der Waals surface area (Å²) in [5.74, 6) is 0.125. The van der Waals surface area contributed by atoms with Gasteiger partial charge in [0.1, 0.15) is 6.04 Å². The average molecular weight is 450 g/mol. The molecule has 2 aliphatic rings. The number of carbonyl (C=O) groups excluding carboxylic acids is 1. The van der Waals surface area contributed by atoms with Gasteiger partial charge < -0.3 is 4.74 Å². The molecule has 0 bridgehead atoms.